The van der Waals surface area contributed by atoms with Crippen molar-refractivity contribution in [1.82, 2.24) is 9.80 Å². The average Bonchev–Trinajstić information content (AvgIpc) is 2.78. The Labute approximate surface area is 138 Å². The van der Waals surface area contributed by atoms with Gasteiger partial charge >= 0.3 is 12.1 Å². The van der Waals surface area contributed by atoms with Crippen molar-refractivity contribution in [1.29, 1.82) is 0 Å². The first-order valence-electron chi connectivity index (χ1n) is 7.68. The van der Waals surface area contributed by atoms with Crippen molar-refractivity contribution in [2.24, 2.45) is 0 Å². The molecule has 0 aliphatic carbocycles. The van der Waals surface area contributed by atoms with E-state index in [1.807, 2.05) is 31.2 Å². The van der Waals surface area contributed by atoms with Crippen LogP contribution in [0.15, 0.2) is 30.3 Å². The Morgan fingerprint density at radius 1 is 1.04 bits per heavy atom. The van der Waals surface area contributed by atoms with Crippen LogP contribution in [0, 0.1) is 6.92 Å². The third-order valence-electron chi connectivity index (χ3n) is 3.93. The van der Waals surface area contributed by atoms with Gasteiger partial charge in [-0.3, -0.25) is 9.59 Å². The molecule has 0 spiro atoms. The summed E-state index contributed by atoms with van der Waals surface area (Å²) in [6, 6.07) is 7.57. The van der Waals surface area contributed by atoms with Gasteiger partial charge in [0, 0.05) is 32.3 Å². The molecule has 1 aromatic carbocycles. The molecule has 1 aliphatic heterocycles. The van der Waals surface area contributed by atoms with Crippen LogP contribution in [-0.4, -0.2) is 54.0 Å². The largest absolute Gasteiger partial charge is 0.471 e. The van der Waals surface area contributed by atoms with Gasteiger partial charge in [0.15, 0.2) is 0 Å². The number of hydrogen-bond donors (Lipinski definition) is 0. The maximum Gasteiger partial charge on any atom is 0.471 e. The first kappa shape index (κ1) is 18.0. The lowest BCUT2D eigenvalue weighted by Gasteiger charge is -2.22. The fourth-order valence-corrected chi connectivity index (χ4v) is 2.56. The maximum absolute atomic E-state index is 12.5. The van der Waals surface area contributed by atoms with Gasteiger partial charge in [0.05, 0.1) is 0 Å². The van der Waals surface area contributed by atoms with Crippen molar-refractivity contribution in [2.75, 3.05) is 26.2 Å². The Hall–Kier alpha value is -2.31. The number of halogens is 3. The van der Waals surface area contributed by atoms with Crippen LogP contribution in [0.4, 0.5) is 13.2 Å². The molecule has 0 aromatic heterocycles. The summed E-state index contributed by atoms with van der Waals surface area (Å²) in [6.07, 6.45) is -1.43. The smallest absolute Gasteiger partial charge is 0.337 e. The molecule has 1 fully saturated rings. The van der Waals surface area contributed by atoms with Gasteiger partial charge in [0.25, 0.3) is 0 Å². The lowest BCUT2D eigenvalue weighted by atomic mass is 10.1. The van der Waals surface area contributed by atoms with Gasteiger partial charge in [0.1, 0.15) is 0 Å². The predicted octanol–water partition coefficient (Wildman–Crippen LogP) is 2.63. The standard InChI is InChI=1S/C17H19F3N2O2/c1-13-5-2-3-6-14(13)7-8-15(23)21-9-4-10-22(12-11-21)16(24)17(18,19)20/h2-3,5-8H,4,9-12H2,1H3/b8-7+. The van der Waals surface area contributed by atoms with Crippen LogP contribution < -0.4 is 0 Å². The predicted molar refractivity (Wildman–Crippen MR) is 84.0 cm³/mol. The first-order valence-corrected chi connectivity index (χ1v) is 7.68. The summed E-state index contributed by atoms with van der Waals surface area (Å²) in [6.45, 7) is 2.25. The Balaban J connectivity index is 1.97. The number of aryl methyl sites for hydroxylation is 1. The highest BCUT2D eigenvalue weighted by atomic mass is 19.4. The van der Waals surface area contributed by atoms with Crippen LogP contribution >= 0.6 is 0 Å². The molecule has 7 heteroatoms. The molecule has 0 bridgehead atoms. The molecule has 1 saturated heterocycles. The summed E-state index contributed by atoms with van der Waals surface area (Å²) in [5.41, 5.74) is 1.94. The van der Waals surface area contributed by atoms with Crippen molar-refractivity contribution in [2.45, 2.75) is 19.5 Å². The molecule has 130 valence electrons. The molecule has 2 amide bonds. The summed E-state index contributed by atoms with van der Waals surface area (Å²) in [5.74, 6) is -2.10. The van der Waals surface area contributed by atoms with E-state index < -0.39 is 12.1 Å². The van der Waals surface area contributed by atoms with E-state index in [9.17, 15) is 22.8 Å². The zero-order chi connectivity index (χ0) is 17.7. The topological polar surface area (TPSA) is 40.6 Å². The third kappa shape index (κ3) is 4.59. The van der Waals surface area contributed by atoms with Gasteiger partial charge in [-0.25, -0.2) is 0 Å². The second-order valence-electron chi connectivity index (χ2n) is 5.66. The zero-order valence-electron chi connectivity index (χ0n) is 13.3. The molecule has 1 heterocycles. The minimum Gasteiger partial charge on any atom is -0.337 e. The van der Waals surface area contributed by atoms with Crippen molar-refractivity contribution in [3.63, 3.8) is 0 Å². The fraction of sp³-hybridized carbons (Fsp3) is 0.412. The number of carbonyl (C=O) groups excluding carboxylic acids is 2. The monoisotopic (exact) mass is 340 g/mol. The van der Waals surface area contributed by atoms with E-state index in [-0.39, 0.29) is 25.5 Å². The Morgan fingerprint density at radius 2 is 1.67 bits per heavy atom. The first-order chi connectivity index (χ1) is 11.3. The Morgan fingerprint density at radius 3 is 2.33 bits per heavy atom. The number of amides is 2. The molecular weight excluding hydrogens is 321 g/mol. The highest BCUT2D eigenvalue weighted by Crippen LogP contribution is 2.19. The lowest BCUT2D eigenvalue weighted by Crippen LogP contribution is -2.43. The average molecular weight is 340 g/mol. The van der Waals surface area contributed by atoms with E-state index in [2.05, 4.69) is 0 Å². The summed E-state index contributed by atoms with van der Waals surface area (Å²) >= 11 is 0. The Kier molecular flexibility index (Phi) is 5.64. The van der Waals surface area contributed by atoms with Gasteiger partial charge in [-0.2, -0.15) is 13.2 Å². The molecule has 4 nitrogen and oxygen atoms in total. The van der Waals surface area contributed by atoms with E-state index in [1.54, 1.807) is 6.08 Å². The highest BCUT2D eigenvalue weighted by Gasteiger charge is 2.42. The second kappa shape index (κ2) is 7.51. The number of nitrogens with zero attached hydrogens (tertiary/aromatic N) is 2. The van der Waals surface area contributed by atoms with E-state index >= 15 is 0 Å². The van der Waals surface area contributed by atoms with Crippen LogP contribution in [0.25, 0.3) is 6.08 Å². The number of alkyl halides is 3. The van der Waals surface area contributed by atoms with Gasteiger partial charge < -0.3 is 9.80 Å². The van der Waals surface area contributed by atoms with Crippen molar-refractivity contribution in [3.8, 4) is 0 Å². The molecular formula is C17H19F3N2O2. The molecule has 24 heavy (non-hydrogen) atoms. The van der Waals surface area contributed by atoms with Crippen LogP contribution in [0.2, 0.25) is 0 Å². The summed E-state index contributed by atoms with van der Waals surface area (Å²) in [5, 5.41) is 0. The van der Waals surface area contributed by atoms with Crippen LogP contribution in [0.5, 0.6) is 0 Å². The molecule has 0 saturated carbocycles. The summed E-state index contributed by atoms with van der Waals surface area (Å²) in [4.78, 5) is 25.7. The van der Waals surface area contributed by atoms with E-state index in [0.717, 1.165) is 16.0 Å². The highest BCUT2D eigenvalue weighted by molar-refractivity contribution is 5.92. The quantitative estimate of drug-likeness (QED) is 0.777. The molecule has 0 N–H and O–H groups in total. The molecule has 1 aliphatic rings. The van der Waals surface area contributed by atoms with E-state index in [0.29, 0.717) is 13.0 Å². The van der Waals surface area contributed by atoms with Crippen molar-refractivity contribution >= 4 is 17.9 Å². The number of rotatable bonds is 2. The van der Waals surface area contributed by atoms with Crippen molar-refractivity contribution in [3.05, 3.63) is 41.5 Å². The van der Waals surface area contributed by atoms with Crippen LogP contribution in [-0.2, 0) is 9.59 Å². The van der Waals surface area contributed by atoms with Gasteiger partial charge in [-0.15, -0.1) is 0 Å². The van der Waals surface area contributed by atoms with Crippen molar-refractivity contribution < 1.29 is 22.8 Å². The molecule has 1 aromatic rings. The lowest BCUT2D eigenvalue weighted by molar-refractivity contribution is -0.185. The summed E-state index contributed by atoms with van der Waals surface area (Å²) < 4.78 is 37.5. The fourth-order valence-electron chi connectivity index (χ4n) is 2.56. The number of hydrogen-bond acceptors (Lipinski definition) is 2. The van der Waals surface area contributed by atoms with Crippen LogP contribution in [0.3, 0.4) is 0 Å². The second-order valence-corrected chi connectivity index (χ2v) is 5.66. The Bertz CT molecular complexity index is 641. The molecule has 0 unspecified atom stereocenters. The minimum absolute atomic E-state index is 0.00360. The zero-order valence-corrected chi connectivity index (χ0v) is 13.3. The third-order valence-corrected chi connectivity index (χ3v) is 3.93. The van der Waals surface area contributed by atoms with Gasteiger partial charge in [0.2, 0.25) is 5.91 Å². The number of carbonyl (C=O) groups is 2. The minimum atomic E-state index is -4.87. The summed E-state index contributed by atoms with van der Waals surface area (Å²) in [7, 11) is 0. The number of benzene rings is 1. The normalized spacial score (nSPS) is 16.3. The van der Waals surface area contributed by atoms with Crippen LogP contribution in [0.1, 0.15) is 17.5 Å². The van der Waals surface area contributed by atoms with Gasteiger partial charge in [-0.1, -0.05) is 24.3 Å². The molecule has 0 radical (unpaired) electrons. The maximum atomic E-state index is 12.5. The SMILES string of the molecule is Cc1ccccc1/C=C/C(=O)N1CCCN(C(=O)C(F)(F)F)CC1. The molecule has 2 rings (SSSR count). The van der Waals surface area contributed by atoms with E-state index in [4.69, 9.17) is 0 Å². The van der Waals surface area contributed by atoms with Gasteiger partial charge in [-0.05, 0) is 30.5 Å². The van der Waals surface area contributed by atoms with E-state index in [1.165, 1.54) is 11.0 Å². The molecule has 0 atom stereocenters.